The van der Waals surface area contributed by atoms with E-state index in [1.54, 1.807) is 18.4 Å². The van der Waals surface area contributed by atoms with Crippen LogP contribution < -0.4 is 19.6 Å². The Morgan fingerprint density at radius 1 is 1.03 bits per heavy atom. The first-order valence-electron chi connectivity index (χ1n) is 12.5. The van der Waals surface area contributed by atoms with E-state index in [-0.39, 0.29) is 18.3 Å². The maximum Gasteiger partial charge on any atom is 0.338 e. The summed E-state index contributed by atoms with van der Waals surface area (Å²) < 4.78 is 13.6. The molecule has 0 spiro atoms. The quantitative estimate of drug-likeness (QED) is 0.321. The van der Waals surface area contributed by atoms with Crippen molar-refractivity contribution in [2.24, 2.45) is 4.99 Å². The molecule has 1 aliphatic rings. The van der Waals surface area contributed by atoms with Crippen LogP contribution in [0.1, 0.15) is 49.6 Å². The van der Waals surface area contributed by atoms with Crippen LogP contribution in [0.5, 0.6) is 5.75 Å². The molecule has 1 aromatic heterocycles. The van der Waals surface area contributed by atoms with Crippen LogP contribution in [-0.2, 0) is 9.53 Å². The number of ether oxygens (including phenoxy) is 2. The molecule has 0 bridgehead atoms. The van der Waals surface area contributed by atoms with E-state index in [2.05, 4.69) is 4.99 Å². The van der Waals surface area contributed by atoms with Crippen molar-refractivity contribution in [2.75, 3.05) is 6.61 Å². The molecule has 0 saturated carbocycles. The SMILES string of the molecule is CCOC(=O)C1=C(C)N=c2s/c(=C\c3ccc(O[C@@H](C)c4ccccc4)cc3)c(=O)n2[C@H]1c1ccccc1. The largest absolute Gasteiger partial charge is 0.486 e. The van der Waals surface area contributed by atoms with Crippen molar-refractivity contribution in [3.05, 3.63) is 133 Å². The molecule has 0 amide bonds. The number of carbonyl (C=O) groups excluding carboxylic acids is 1. The molecule has 5 rings (SSSR count). The van der Waals surface area contributed by atoms with Gasteiger partial charge in [-0.15, -0.1) is 0 Å². The smallest absolute Gasteiger partial charge is 0.338 e. The first kappa shape index (κ1) is 25.4. The topological polar surface area (TPSA) is 69.9 Å². The lowest BCUT2D eigenvalue weighted by Gasteiger charge is -2.24. The Morgan fingerprint density at radius 3 is 2.34 bits per heavy atom. The molecule has 0 unspecified atom stereocenters. The third-order valence-electron chi connectivity index (χ3n) is 6.39. The number of allylic oxidation sites excluding steroid dienone is 1. The van der Waals surface area contributed by atoms with E-state index < -0.39 is 12.0 Å². The summed E-state index contributed by atoms with van der Waals surface area (Å²) >= 11 is 1.31. The third kappa shape index (κ3) is 5.10. The molecule has 1 aliphatic heterocycles. The van der Waals surface area contributed by atoms with E-state index in [0.29, 0.717) is 20.6 Å². The zero-order valence-corrected chi connectivity index (χ0v) is 22.3. The highest BCUT2D eigenvalue weighted by atomic mass is 32.1. The van der Waals surface area contributed by atoms with Crippen molar-refractivity contribution in [2.45, 2.75) is 32.9 Å². The van der Waals surface area contributed by atoms with Crippen LogP contribution in [0.25, 0.3) is 6.08 Å². The van der Waals surface area contributed by atoms with Crippen molar-refractivity contribution in [3.63, 3.8) is 0 Å². The molecule has 6 nitrogen and oxygen atoms in total. The molecule has 0 aliphatic carbocycles. The summed E-state index contributed by atoms with van der Waals surface area (Å²) in [5.41, 5.74) is 3.53. The van der Waals surface area contributed by atoms with Gasteiger partial charge < -0.3 is 9.47 Å². The van der Waals surface area contributed by atoms with E-state index in [4.69, 9.17) is 9.47 Å². The molecule has 3 aromatic carbocycles. The van der Waals surface area contributed by atoms with Gasteiger partial charge in [-0.1, -0.05) is 84.1 Å². The molecule has 2 heterocycles. The zero-order valence-electron chi connectivity index (χ0n) is 21.5. The van der Waals surface area contributed by atoms with Crippen molar-refractivity contribution in [3.8, 4) is 5.75 Å². The van der Waals surface area contributed by atoms with Gasteiger partial charge in [0.05, 0.1) is 28.5 Å². The minimum Gasteiger partial charge on any atom is -0.486 e. The number of fused-ring (bicyclic) bond motifs is 1. The second kappa shape index (κ2) is 11.0. The van der Waals surface area contributed by atoms with E-state index in [1.807, 2.05) is 97.9 Å². The molecule has 192 valence electrons. The number of nitrogens with zero attached hydrogens (tertiary/aromatic N) is 2. The van der Waals surface area contributed by atoms with Gasteiger partial charge in [-0.2, -0.15) is 0 Å². The number of carbonyl (C=O) groups is 1. The lowest BCUT2D eigenvalue weighted by atomic mass is 9.96. The Balaban J connectivity index is 1.50. The minimum atomic E-state index is -0.607. The average Bonchev–Trinajstić information content (AvgIpc) is 3.24. The van der Waals surface area contributed by atoms with Crippen molar-refractivity contribution < 1.29 is 14.3 Å². The van der Waals surface area contributed by atoms with Crippen molar-refractivity contribution in [1.29, 1.82) is 0 Å². The fourth-order valence-corrected chi connectivity index (χ4v) is 5.58. The standard InChI is InChI=1S/C31H28N2O4S/c1-4-36-30(35)27-20(2)32-31-33(28(27)24-13-9-6-10-14-24)29(34)26(38-31)19-22-15-17-25(18-16-22)37-21(3)23-11-7-5-8-12-23/h5-19,21,28H,4H2,1-3H3/b26-19-/t21-,28-/m0/s1. The second-order valence-corrected chi connectivity index (χ2v) is 9.96. The van der Waals surface area contributed by atoms with Gasteiger partial charge in [-0.05, 0) is 55.7 Å². The van der Waals surface area contributed by atoms with Crippen LogP contribution in [0.15, 0.2) is 106 Å². The lowest BCUT2D eigenvalue weighted by Crippen LogP contribution is -2.39. The summed E-state index contributed by atoms with van der Waals surface area (Å²) in [7, 11) is 0. The van der Waals surface area contributed by atoms with Gasteiger partial charge in [0.1, 0.15) is 11.9 Å². The summed E-state index contributed by atoms with van der Waals surface area (Å²) in [4.78, 5) is 31.8. The van der Waals surface area contributed by atoms with Gasteiger partial charge >= 0.3 is 5.97 Å². The molecule has 0 saturated heterocycles. The number of aromatic nitrogens is 1. The predicted octanol–water partition coefficient (Wildman–Crippen LogP) is 4.94. The van der Waals surface area contributed by atoms with Crippen LogP contribution in [0.2, 0.25) is 0 Å². The van der Waals surface area contributed by atoms with Gasteiger partial charge in [0.15, 0.2) is 4.80 Å². The minimum absolute atomic E-state index is 0.0828. The number of benzene rings is 3. The molecule has 4 aromatic rings. The molecular weight excluding hydrogens is 496 g/mol. The first-order valence-corrected chi connectivity index (χ1v) is 13.3. The highest BCUT2D eigenvalue weighted by Gasteiger charge is 2.33. The fraction of sp³-hybridized carbons (Fsp3) is 0.194. The van der Waals surface area contributed by atoms with E-state index in [0.717, 1.165) is 22.4 Å². The number of esters is 1. The summed E-state index contributed by atoms with van der Waals surface area (Å²) in [6.45, 7) is 5.80. The first-order chi connectivity index (χ1) is 18.5. The fourth-order valence-electron chi connectivity index (χ4n) is 4.53. The van der Waals surface area contributed by atoms with E-state index >= 15 is 0 Å². The average molecular weight is 525 g/mol. The molecule has 0 N–H and O–H groups in total. The Labute approximate surface area is 224 Å². The number of hydrogen-bond acceptors (Lipinski definition) is 6. The van der Waals surface area contributed by atoms with Crippen LogP contribution in [0.4, 0.5) is 0 Å². The molecule has 0 fully saturated rings. The lowest BCUT2D eigenvalue weighted by molar-refractivity contribution is -0.139. The third-order valence-corrected chi connectivity index (χ3v) is 7.37. The Morgan fingerprint density at radius 2 is 1.68 bits per heavy atom. The number of rotatable bonds is 7. The van der Waals surface area contributed by atoms with Crippen molar-refractivity contribution in [1.82, 2.24) is 4.57 Å². The Bertz CT molecular complexity index is 1650. The molecule has 2 atom stereocenters. The zero-order chi connectivity index (χ0) is 26.6. The van der Waals surface area contributed by atoms with Crippen LogP contribution in [0.3, 0.4) is 0 Å². The summed E-state index contributed by atoms with van der Waals surface area (Å²) in [6, 6.07) is 26.6. The number of hydrogen-bond donors (Lipinski definition) is 0. The van der Waals surface area contributed by atoms with Gasteiger partial charge in [0, 0.05) is 0 Å². The summed E-state index contributed by atoms with van der Waals surface area (Å²) in [6.07, 6.45) is 1.76. The van der Waals surface area contributed by atoms with Crippen LogP contribution in [0, 0.1) is 0 Å². The second-order valence-electron chi connectivity index (χ2n) is 8.95. The van der Waals surface area contributed by atoms with Gasteiger partial charge in [0.25, 0.3) is 5.56 Å². The number of thiazole rings is 1. The van der Waals surface area contributed by atoms with Crippen molar-refractivity contribution >= 4 is 23.4 Å². The van der Waals surface area contributed by atoms with E-state index in [9.17, 15) is 9.59 Å². The van der Waals surface area contributed by atoms with Gasteiger partial charge in [-0.3, -0.25) is 9.36 Å². The normalized spacial score (nSPS) is 16.0. The highest BCUT2D eigenvalue weighted by Crippen LogP contribution is 2.30. The molecule has 0 radical (unpaired) electrons. The maximum atomic E-state index is 13.7. The maximum absolute atomic E-state index is 13.7. The van der Waals surface area contributed by atoms with Crippen LogP contribution >= 0.6 is 11.3 Å². The highest BCUT2D eigenvalue weighted by molar-refractivity contribution is 7.07. The van der Waals surface area contributed by atoms with Crippen LogP contribution in [-0.4, -0.2) is 17.1 Å². The Hall–Kier alpha value is -4.23. The monoisotopic (exact) mass is 524 g/mol. The predicted molar refractivity (Wildman–Crippen MR) is 149 cm³/mol. The molecule has 38 heavy (non-hydrogen) atoms. The van der Waals surface area contributed by atoms with Gasteiger partial charge in [0.2, 0.25) is 0 Å². The van der Waals surface area contributed by atoms with E-state index in [1.165, 1.54) is 11.3 Å². The summed E-state index contributed by atoms with van der Waals surface area (Å²) in [5, 5.41) is 0. The van der Waals surface area contributed by atoms with Gasteiger partial charge in [-0.25, -0.2) is 9.79 Å². The molecular formula is C31H28N2O4S. The summed E-state index contributed by atoms with van der Waals surface area (Å²) in [5.74, 6) is 0.288. The molecule has 7 heteroatoms. The Kier molecular flexibility index (Phi) is 7.38.